The largest absolute Gasteiger partial charge is 0.437 e. The summed E-state index contributed by atoms with van der Waals surface area (Å²) in [6.07, 6.45) is 0. The summed E-state index contributed by atoms with van der Waals surface area (Å²) in [5, 5.41) is 9.68. The second kappa shape index (κ2) is 5.89. The van der Waals surface area contributed by atoms with Crippen molar-refractivity contribution < 1.29 is 4.74 Å². The Labute approximate surface area is 123 Å². The summed E-state index contributed by atoms with van der Waals surface area (Å²) in [5.41, 5.74) is 6.87. The molecule has 20 heavy (non-hydrogen) atoms. The molecule has 104 valence electrons. The molecule has 0 aliphatic heterocycles. The van der Waals surface area contributed by atoms with Crippen LogP contribution in [0.4, 0.5) is 5.69 Å². The van der Waals surface area contributed by atoms with Gasteiger partial charge in [-0.05, 0) is 18.1 Å². The molecule has 4 nitrogen and oxygen atoms in total. The third-order valence-corrected chi connectivity index (χ3v) is 3.09. The molecule has 2 N–H and O–H groups in total. The standard InChI is InChI=1S/C15H16ClN3O/c1-10(2)9-19-11(8-17)7-13(18)15(19)20-14-6-4-3-5-12(14)16/h3-7,10H,9,18H2,1-2H3. The molecule has 0 amide bonds. The van der Waals surface area contributed by atoms with Crippen LogP contribution in [-0.4, -0.2) is 4.57 Å². The van der Waals surface area contributed by atoms with Gasteiger partial charge in [-0.25, -0.2) is 0 Å². The van der Waals surface area contributed by atoms with Gasteiger partial charge >= 0.3 is 0 Å². The Hall–Kier alpha value is -2.12. The van der Waals surface area contributed by atoms with Gasteiger partial charge in [0.1, 0.15) is 17.5 Å². The number of ether oxygens (including phenoxy) is 1. The van der Waals surface area contributed by atoms with E-state index in [0.717, 1.165) is 0 Å². The molecule has 0 bridgehead atoms. The molecule has 0 aliphatic rings. The third kappa shape index (κ3) is 2.89. The van der Waals surface area contributed by atoms with Crippen molar-refractivity contribution in [3.8, 4) is 17.7 Å². The van der Waals surface area contributed by atoms with E-state index in [2.05, 4.69) is 19.9 Å². The maximum Gasteiger partial charge on any atom is 0.224 e. The van der Waals surface area contributed by atoms with Crippen molar-refractivity contribution in [2.75, 3.05) is 5.73 Å². The maximum atomic E-state index is 9.18. The highest BCUT2D eigenvalue weighted by Crippen LogP contribution is 2.34. The SMILES string of the molecule is CC(C)Cn1c(C#N)cc(N)c1Oc1ccccc1Cl. The lowest BCUT2D eigenvalue weighted by Gasteiger charge is -2.14. The van der Waals surface area contributed by atoms with Gasteiger partial charge in [0.2, 0.25) is 5.88 Å². The Morgan fingerprint density at radius 2 is 2.10 bits per heavy atom. The van der Waals surface area contributed by atoms with Gasteiger partial charge in [0.25, 0.3) is 0 Å². The summed E-state index contributed by atoms with van der Waals surface area (Å²) in [6.45, 7) is 4.78. The first-order valence-corrected chi connectivity index (χ1v) is 6.72. The second-order valence-corrected chi connectivity index (χ2v) is 5.35. The molecule has 0 unspecified atom stereocenters. The molecular formula is C15H16ClN3O. The van der Waals surface area contributed by atoms with Crippen molar-refractivity contribution in [3.05, 3.63) is 41.0 Å². The number of para-hydroxylation sites is 1. The second-order valence-electron chi connectivity index (χ2n) is 4.94. The van der Waals surface area contributed by atoms with Crippen LogP contribution in [0.25, 0.3) is 0 Å². The van der Waals surface area contributed by atoms with E-state index in [-0.39, 0.29) is 0 Å². The van der Waals surface area contributed by atoms with Crippen molar-refractivity contribution in [2.45, 2.75) is 20.4 Å². The lowest BCUT2D eigenvalue weighted by Crippen LogP contribution is -2.08. The minimum atomic E-state index is 0.363. The van der Waals surface area contributed by atoms with Gasteiger partial charge in [-0.3, -0.25) is 0 Å². The van der Waals surface area contributed by atoms with Crippen LogP contribution >= 0.6 is 11.6 Å². The number of anilines is 1. The van der Waals surface area contributed by atoms with Crippen LogP contribution in [0.1, 0.15) is 19.5 Å². The van der Waals surface area contributed by atoms with Gasteiger partial charge in [-0.15, -0.1) is 0 Å². The van der Waals surface area contributed by atoms with Crippen LogP contribution in [0, 0.1) is 17.2 Å². The molecule has 0 saturated carbocycles. The van der Waals surface area contributed by atoms with E-state index in [0.29, 0.717) is 40.5 Å². The number of nitrogens with two attached hydrogens (primary N) is 1. The van der Waals surface area contributed by atoms with Crippen molar-refractivity contribution in [1.29, 1.82) is 5.26 Å². The quantitative estimate of drug-likeness (QED) is 0.923. The molecule has 1 heterocycles. The van der Waals surface area contributed by atoms with Crippen LogP contribution in [0.15, 0.2) is 30.3 Å². The number of rotatable bonds is 4. The molecular weight excluding hydrogens is 274 g/mol. The molecule has 2 aromatic rings. The van der Waals surface area contributed by atoms with Gasteiger partial charge in [0.15, 0.2) is 0 Å². The molecule has 0 fully saturated rings. The van der Waals surface area contributed by atoms with Gasteiger partial charge in [0, 0.05) is 12.6 Å². The molecule has 1 aromatic carbocycles. The van der Waals surface area contributed by atoms with Crippen molar-refractivity contribution in [1.82, 2.24) is 4.57 Å². The normalized spacial score (nSPS) is 10.6. The summed E-state index contributed by atoms with van der Waals surface area (Å²) >= 11 is 6.09. The zero-order valence-corrected chi connectivity index (χ0v) is 12.2. The Balaban J connectivity index is 2.43. The Morgan fingerprint density at radius 1 is 1.40 bits per heavy atom. The fourth-order valence-corrected chi connectivity index (χ4v) is 2.11. The smallest absolute Gasteiger partial charge is 0.224 e. The van der Waals surface area contributed by atoms with E-state index in [1.165, 1.54) is 0 Å². The monoisotopic (exact) mass is 289 g/mol. The molecule has 0 saturated heterocycles. The highest BCUT2D eigenvalue weighted by Gasteiger charge is 2.17. The third-order valence-electron chi connectivity index (χ3n) is 2.78. The summed E-state index contributed by atoms with van der Waals surface area (Å²) < 4.78 is 7.59. The highest BCUT2D eigenvalue weighted by atomic mass is 35.5. The average Bonchev–Trinajstić information content (AvgIpc) is 2.69. The fourth-order valence-electron chi connectivity index (χ4n) is 1.94. The zero-order chi connectivity index (χ0) is 14.7. The van der Waals surface area contributed by atoms with Crippen molar-refractivity contribution >= 4 is 17.3 Å². The van der Waals surface area contributed by atoms with Gasteiger partial charge < -0.3 is 15.0 Å². The number of benzene rings is 1. The summed E-state index contributed by atoms with van der Waals surface area (Å²) in [6, 6.07) is 10.9. The number of nitrogen functional groups attached to an aromatic ring is 1. The lowest BCUT2D eigenvalue weighted by molar-refractivity contribution is 0.405. The van der Waals surface area contributed by atoms with E-state index in [1.54, 1.807) is 22.8 Å². The fraction of sp³-hybridized carbons (Fsp3) is 0.267. The van der Waals surface area contributed by atoms with E-state index in [9.17, 15) is 5.26 Å². The molecule has 2 rings (SSSR count). The predicted octanol–water partition coefficient (Wildman–Crippen LogP) is 4.04. The Bertz CT molecular complexity index is 656. The molecule has 0 spiro atoms. The van der Waals surface area contributed by atoms with Crippen LogP contribution in [0.5, 0.6) is 11.6 Å². The Morgan fingerprint density at radius 3 is 2.70 bits per heavy atom. The van der Waals surface area contributed by atoms with Crippen LogP contribution in [-0.2, 0) is 6.54 Å². The van der Waals surface area contributed by atoms with Gasteiger partial charge in [-0.1, -0.05) is 37.6 Å². The van der Waals surface area contributed by atoms with Crippen LogP contribution in [0.2, 0.25) is 5.02 Å². The number of nitriles is 1. The first-order valence-electron chi connectivity index (χ1n) is 6.34. The van der Waals surface area contributed by atoms with Gasteiger partial charge in [0.05, 0.1) is 10.7 Å². The van der Waals surface area contributed by atoms with Crippen molar-refractivity contribution in [2.24, 2.45) is 5.92 Å². The number of hydrogen-bond acceptors (Lipinski definition) is 3. The minimum absolute atomic E-state index is 0.363. The maximum absolute atomic E-state index is 9.18. The number of aromatic nitrogens is 1. The first-order chi connectivity index (χ1) is 9.52. The number of nitrogens with zero attached hydrogens (tertiary/aromatic N) is 2. The Kier molecular flexibility index (Phi) is 4.21. The molecule has 1 aromatic heterocycles. The van der Waals surface area contributed by atoms with Crippen LogP contribution < -0.4 is 10.5 Å². The van der Waals surface area contributed by atoms with E-state index >= 15 is 0 Å². The van der Waals surface area contributed by atoms with Crippen LogP contribution in [0.3, 0.4) is 0 Å². The molecule has 0 atom stereocenters. The molecule has 0 aliphatic carbocycles. The predicted molar refractivity (Wildman–Crippen MR) is 79.9 cm³/mol. The van der Waals surface area contributed by atoms with Crippen molar-refractivity contribution in [3.63, 3.8) is 0 Å². The topological polar surface area (TPSA) is 64.0 Å². The molecule has 5 heteroatoms. The zero-order valence-electron chi connectivity index (χ0n) is 11.4. The molecule has 0 radical (unpaired) electrons. The lowest BCUT2D eigenvalue weighted by atomic mass is 10.2. The summed E-state index contributed by atoms with van der Waals surface area (Å²) in [7, 11) is 0. The first kappa shape index (κ1) is 14.3. The van der Waals surface area contributed by atoms with E-state index in [4.69, 9.17) is 22.1 Å². The highest BCUT2D eigenvalue weighted by molar-refractivity contribution is 6.32. The number of halogens is 1. The minimum Gasteiger partial charge on any atom is -0.437 e. The van der Waals surface area contributed by atoms with Gasteiger partial charge in [-0.2, -0.15) is 5.26 Å². The van der Waals surface area contributed by atoms with E-state index in [1.807, 2.05) is 12.1 Å². The van der Waals surface area contributed by atoms with E-state index < -0.39 is 0 Å². The summed E-state index contributed by atoms with van der Waals surface area (Å²) in [4.78, 5) is 0. The average molecular weight is 290 g/mol. The number of hydrogen-bond donors (Lipinski definition) is 1. The summed E-state index contributed by atoms with van der Waals surface area (Å²) in [5.74, 6) is 1.35.